The van der Waals surface area contributed by atoms with E-state index < -0.39 is 5.97 Å². The minimum atomic E-state index is -1.10. The molecule has 0 radical (unpaired) electrons. The van der Waals surface area contributed by atoms with Gasteiger partial charge in [0.15, 0.2) is 0 Å². The third kappa shape index (κ3) is 2.72. The number of aromatic carboxylic acids is 1. The molecule has 21 heavy (non-hydrogen) atoms. The fourth-order valence-electron chi connectivity index (χ4n) is 1.81. The number of azo groups is 1. The molecule has 0 saturated heterocycles. The van der Waals surface area contributed by atoms with E-state index >= 15 is 0 Å². The molecule has 3 N–H and O–H groups in total. The Kier molecular flexibility index (Phi) is 3.33. The van der Waals surface area contributed by atoms with Crippen molar-refractivity contribution in [3.05, 3.63) is 48.0 Å². The van der Waals surface area contributed by atoms with Crippen LogP contribution >= 0.6 is 11.3 Å². The lowest BCUT2D eigenvalue weighted by Crippen LogP contribution is -1.98. The monoisotopic (exact) mass is 298 g/mol. The van der Waals surface area contributed by atoms with Crippen LogP contribution in [0.3, 0.4) is 0 Å². The quantitative estimate of drug-likeness (QED) is 0.563. The second-order valence-corrected chi connectivity index (χ2v) is 5.26. The van der Waals surface area contributed by atoms with Crippen molar-refractivity contribution < 1.29 is 9.90 Å². The normalized spacial score (nSPS) is 11.2. The largest absolute Gasteiger partial charge is 0.478 e. The average molecular weight is 298 g/mol. The van der Waals surface area contributed by atoms with Crippen LogP contribution in [-0.2, 0) is 0 Å². The Morgan fingerprint density at radius 2 is 2.00 bits per heavy atom. The zero-order valence-electron chi connectivity index (χ0n) is 10.7. The van der Waals surface area contributed by atoms with E-state index in [-0.39, 0.29) is 11.3 Å². The lowest BCUT2D eigenvalue weighted by molar-refractivity contribution is 0.0698. The molecule has 0 fully saturated rings. The molecule has 3 aromatic rings. The van der Waals surface area contributed by atoms with Gasteiger partial charge in [0.05, 0.1) is 15.8 Å². The first kappa shape index (κ1) is 13.2. The molecule has 0 spiro atoms. The van der Waals surface area contributed by atoms with Gasteiger partial charge in [0.2, 0.25) is 5.13 Å². The van der Waals surface area contributed by atoms with Crippen molar-refractivity contribution in [2.75, 3.05) is 5.73 Å². The van der Waals surface area contributed by atoms with E-state index in [0.717, 1.165) is 10.2 Å². The lowest BCUT2D eigenvalue weighted by atomic mass is 10.1. The summed E-state index contributed by atoms with van der Waals surface area (Å²) in [5.74, 6) is -1.10. The van der Waals surface area contributed by atoms with E-state index in [1.54, 1.807) is 6.07 Å². The number of anilines is 1. The molecule has 7 heteroatoms. The Balaban J connectivity index is 1.97. The van der Waals surface area contributed by atoms with Gasteiger partial charge in [-0.3, -0.25) is 0 Å². The molecule has 0 atom stereocenters. The molecule has 0 unspecified atom stereocenters. The van der Waals surface area contributed by atoms with Crippen LogP contribution < -0.4 is 5.73 Å². The second kappa shape index (κ2) is 5.29. The van der Waals surface area contributed by atoms with Gasteiger partial charge in [0.1, 0.15) is 5.69 Å². The highest BCUT2D eigenvalue weighted by atomic mass is 32.1. The Morgan fingerprint density at radius 1 is 1.19 bits per heavy atom. The summed E-state index contributed by atoms with van der Waals surface area (Å²) in [5, 5.41) is 17.6. The fourth-order valence-corrected chi connectivity index (χ4v) is 2.60. The molecule has 0 aliphatic rings. The summed E-state index contributed by atoms with van der Waals surface area (Å²) in [6, 6.07) is 12.1. The highest BCUT2D eigenvalue weighted by molar-refractivity contribution is 7.21. The maximum Gasteiger partial charge on any atom is 0.338 e. The number of rotatable bonds is 3. The number of nitrogen functional groups attached to an aromatic ring is 1. The zero-order chi connectivity index (χ0) is 14.8. The van der Waals surface area contributed by atoms with Crippen LogP contribution in [0.25, 0.3) is 10.2 Å². The van der Waals surface area contributed by atoms with Gasteiger partial charge in [0, 0.05) is 5.69 Å². The molecular formula is C14H10N4O2S. The molecule has 3 rings (SSSR count). The molecule has 1 heterocycles. The van der Waals surface area contributed by atoms with Crippen LogP contribution in [0.5, 0.6) is 0 Å². The van der Waals surface area contributed by atoms with Gasteiger partial charge in [-0.2, -0.15) is 0 Å². The number of aromatic nitrogens is 1. The highest BCUT2D eigenvalue weighted by Crippen LogP contribution is 2.30. The van der Waals surface area contributed by atoms with Crippen LogP contribution in [0.2, 0.25) is 0 Å². The fraction of sp³-hybridized carbons (Fsp3) is 0. The van der Waals surface area contributed by atoms with Gasteiger partial charge in [-0.1, -0.05) is 23.5 Å². The molecule has 0 aliphatic heterocycles. The van der Waals surface area contributed by atoms with Crippen LogP contribution in [0, 0.1) is 0 Å². The number of benzene rings is 2. The number of nitrogens with two attached hydrogens (primary N) is 1. The Bertz CT molecular complexity index is 824. The topological polar surface area (TPSA) is 101 Å². The summed E-state index contributed by atoms with van der Waals surface area (Å²) in [7, 11) is 0. The van der Waals surface area contributed by atoms with E-state index in [1.807, 2.05) is 24.3 Å². The summed E-state index contributed by atoms with van der Waals surface area (Å²) in [4.78, 5) is 15.5. The summed E-state index contributed by atoms with van der Waals surface area (Å²) in [5.41, 5.74) is 7.04. The van der Waals surface area contributed by atoms with Gasteiger partial charge >= 0.3 is 5.97 Å². The summed E-state index contributed by atoms with van der Waals surface area (Å²) in [6.45, 7) is 0. The molecular weight excluding hydrogens is 288 g/mol. The average Bonchev–Trinajstić information content (AvgIpc) is 2.88. The van der Waals surface area contributed by atoms with Crippen molar-refractivity contribution in [3.63, 3.8) is 0 Å². The Labute approximate surface area is 123 Å². The zero-order valence-corrected chi connectivity index (χ0v) is 11.5. The molecule has 1 aromatic heterocycles. The molecule has 0 saturated carbocycles. The number of nitrogens with zero attached hydrogens (tertiary/aromatic N) is 3. The maximum atomic E-state index is 11.2. The van der Waals surface area contributed by atoms with E-state index in [4.69, 9.17) is 10.8 Å². The smallest absolute Gasteiger partial charge is 0.338 e. The molecule has 104 valence electrons. The van der Waals surface area contributed by atoms with Gasteiger partial charge < -0.3 is 10.8 Å². The first-order valence-corrected chi connectivity index (χ1v) is 6.85. The SMILES string of the molecule is Nc1ccc(N=Nc2nc3ccccc3s2)c(C(=O)O)c1. The van der Waals surface area contributed by atoms with Crippen molar-refractivity contribution in [2.24, 2.45) is 10.2 Å². The van der Waals surface area contributed by atoms with Gasteiger partial charge in [0.25, 0.3) is 0 Å². The number of para-hydroxylation sites is 1. The number of hydrogen-bond donors (Lipinski definition) is 2. The van der Waals surface area contributed by atoms with Gasteiger partial charge in [-0.15, -0.1) is 10.2 Å². The standard InChI is InChI=1S/C14H10N4O2S/c15-8-5-6-10(9(7-8)13(19)20)17-18-14-16-11-3-1-2-4-12(11)21-14/h1-7H,15H2,(H,19,20). The van der Waals surface area contributed by atoms with Crippen LogP contribution in [0.4, 0.5) is 16.5 Å². The van der Waals surface area contributed by atoms with Gasteiger partial charge in [-0.25, -0.2) is 9.78 Å². The third-order valence-corrected chi connectivity index (χ3v) is 3.70. The Hall–Kier alpha value is -2.80. The van der Waals surface area contributed by atoms with E-state index in [2.05, 4.69) is 15.2 Å². The molecule has 6 nitrogen and oxygen atoms in total. The van der Waals surface area contributed by atoms with Crippen molar-refractivity contribution in [1.82, 2.24) is 4.98 Å². The summed E-state index contributed by atoms with van der Waals surface area (Å²) < 4.78 is 1.00. The number of carboxylic acids is 1. The van der Waals surface area contributed by atoms with E-state index in [0.29, 0.717) is 10.8 Å². The predicted molar refractivity (Wildman–Crippen MR) is 81.6 cm³/mol. The minimum absolute atomic E-state index is 0.0138. The van der Waals surface area contributed by atoms with Crippen molar-refractivity contribution in [1.29, 1.82) is 0 Å². The van der Waals surface area contributed by atoms with Crippen molar-refractivity contribution in [3.8, 4) is 0 Å². The number of carbonyl (C=O) groups is 1. The molecule has 0 bridgehead atoms. The number of fused-ring (bicyclic) bond motifs is 1. The number of thiazole rings is 1. The second-order valence-electron chi connectivity index (χ2n) is 4.25. The van der Waals surface area contributed by atoms with E-state index in [9.17, 15) is 4.79 Å². The van der Waals surface area contributed by atoms with Crippen LogP contribution in [0.15, 0.2) is 52.7 Å². The third-order valence-electron chi connectivity index (χ3n) is 2.78. The van der Waals surface area contributed by atoms with Crippen LogP contribution in [0.1, 0.15) is 10.4 Å². The van der Waals surface area contributed by atoms with Gasteiger partial charge in [-0.05, 0) is 30.3 Å². The number of carboxylic acid groups (broad SMARTS) is 1. The Morgan fingerprint density at radius 3 is 2.76 bits per heavy atom. The van der Waals surface area contributed by atoms with Crippen molar-refractivity contribution in [2.45, 2.75) is 0 Å². The summed E-state index contributed by atoms with van der Waals surface area (Å²) >= 11 is 1.39. The first-order chi connectivity index (χ1) is 10.1. The number of hydrogen-bond acceptors (Lipinski definition) is 6. The predicted octanol–water partition coefficient (Wildman–Crippen LogP) is 3.99. The highest BCUT2D eigenvalue weighted by Gasteiger charge is 2.10. The maximum absolute atomic E-state index is 11.2. The molecule has 0 aliphatic carbocycles. The first-order valence-electron chi connectivity index (χ1n) is 6.03. The molecule has 2 aromatic carbocycles. The minimum Gasteiger partial charge on any atom is -0.478 e. The van der Waals surface area contributed by atoms with Crippen molar-refractivity contribution >= 4 is 44.0 Å². The lowest BCUT2D eigenvalue weighted by Gasteiger charge is -2.00. The summed E-state index contributed by atoms with van der Waals surface area (Å²) in [6.07, 6.45) is 0. The molecule has 0 amide bonds. The van der Waals surface area contributed by atoms with E-state index in [1.165, 1.54) is 23.5 Å². The van der Waals surface area contributed by atoms with Crippen LogP contribution in [-0.4, -0.2) is 16.1 Å².